The molecule has 3 aromatic rings. The molecule has 6 nitrogen and oxygen atoms in total. The number of urea groups is 1. The van der Waals surface area contributed by atoms with Gasteiger partial charge in [0.1, 0.15) is 5.82 Å². The number of likely N-dealkylation sites (tertiary alicyclic amines) is 1. The van der Waals surface area contributed by atoms with Crippen LogP contribution < -0.4 is 5.32 Å². The molecule has 1 fully saturated rings. The molecule has 2 amide bonds. The largest absolute Gasteiger partial charge is 0.339 e. The van der Waals surface area contributed by atoms with Gasteiger partial charge in [0.15, 0.2) is 0 Å². The zero-order chi connectivity index (χ0) is 19.5. The molecule has 1 saturated heterocycles. The highest BCUT2D eigenvalue weighted by molar-refractivity contribution is 5.89. The Labute approximate surface area is 162 Å². The first kappa shape index (κ1) is 18.2. The number of nitrogens with zero attached hydrogens (tertiary/aromatic N) is 3. The van der Waals surface area contributed by atoms with Gasteiger partial charge in [0, 0.05) is 24.6 Å². The number of benzene rings is 2. The SMILES string of the molecule is Cc1ccc(-c2noc(C3CCN(C(=O)Nc4ccccc4F)CC3)n2)cc1. The fourth-order valence-corrected chi connectivity index (χ4v) is 3.31. The summed E-state index contributed by atoms with van der Waals surface area (Å²) in [5, 5.41) is 6.72. The lowest BCUT2D eigenvalue weighted by atomic mass is 9.97. The van der Waals surface area contributed by atoms with Gasteiger partial charge in [-0.3, -0.25) is 0 Å². The summed E-state index contributed by atoms with van der Waals surface area (Å²) in [6.45, 7) is 3.13. The third kappa shape index (κ3) is 3.88. The second-order valence-electron chi connectivity index (χ2n) is 6.99. The van der Waals surface area contributed by atoms with Crippen LogP contribution in [-0.2, 0) is 0 Å². The summed E-state index contributed by atoms with van der Waals surface area (Å²) in [6, 6.07) is 13.8. The number of aryl methyl sites for hydroxylation is 1. The van der Waals surface area contributed by atoms with E-state index in [-0.39, 0.29) is 17.6 Å². The van der Waals surface area contributed by atoms with Crippen LogP contribution in [0.1, 0.15) is 30.2 Å². The molecule has 1 aromatic heterocycles. The number of halogens is 1. The van der Waals surface area contributed by atoms with Crippen LogP contribution >= 0.6 is 0 Å². The van der Waals surface area contributed by atoms with E-state index in [1.165, 1.54) is 11.6 Å². The van der Waals surface area contributed by atoms with Gasteiger partial charge in [0.2, 0.25) is 11.7 Å². The molecule has 0 aliphatic carbocycles. The number of carbonyl (C=O) groups excluding carboxylic acids is 1. The van der Waals surface area contributed by atoms with Gasteiger partial charge in [-0.2, -0.15) is 4.98 Å². The number of nitrogens with one attached hydrogen (secondary N) is 1. The Balaban J connectivity index is 1.36. The molecule has 28 heavy (non-hydrogen) atoms. The molecule has 0 spiro atoms. The molecule has 0 atom stereocenters. The second-order valence-corrected chi connectivity index (χ2v) is 6.99. The Bertz CT molecular complexity index is 963. The number of amides is 2. The number of rotatable bonds is 3. The predicted molar refractivity (Wildman–Crippen MR) is 103 cm³/mol. The molecule has 7 heteroatoms. The van der Waals surface area contributed by atoms with Crippen molar-refractivity contribution < 1.29 is 13.7 Å². The van der Waals surface area contributed by atoms with Gasteiger partial charge >= 0.3 is 6.03 Å². The summed E-state index contributed by atoms with van der Waals surface area (Å²) in [5.74, 6) is 0.851. The van der Waals surface area contributed by atoms with Gasteiger partial charge in [0.05, 0.1) is 5.69 Å². The van der Waals surface area contributed by atoms with Crippen LogP contribution in [-0.4, -0.2) is 34.2 Å². The highest BCUT2D eigenvalue weighted by atomic mass is 19.1. The Morgan fingerprint density at radius 1 is 1.14 bits per heavy atom. The number of carbonyl (C=O) groups is 1. The van der Waals surface area contributed by atoms with Gasteiger partial charge in [-0.05, 0) is 31.9 Å². The maximum absolute atomic E-state index is 13.7. The molecule has 0 bridgehead atoms. The quantitative estimate of drug-likeness (QED) is 0.721. The average molecular weight is 380 g/mol. The first-order valence-corrected chi connectivity index (χ1v) is 9.31. The molecular weight excluding hydrogens is 359 g/mol. The maximum Gasteiger partial charge on any atom is 0.321 e. The summed E-state index contributed by atoms with van der Waals surface area (Å²) >= 11 is 0. The van der Waals surface area contributed by atoms with Crippen LogP contribution in [0.2, 0.25) is 0 Å². The van der Waals surface area contributed by atoms with E-state index in [1.807, 2.05) is 31.2 Å². The normalized spacial score (nSPS) is 14.9. The van der Waals surface area contributed by atoms with E-state index < -0.39 is 5.82 Å². The molecule has 2 heterocycles. The van der Waals surface area contributed by atoms with Crippen molar-refractivity contribution >= 4 is 11.7 Å². The highest BCUT2D eigenvalue weighted by Gasteiger charge is 2.28. The molecule has 1 aliphatic rings. The predicted octanol–water partition coefficient (Wildman–Crippen LogP) is 4.60. The van der Waals surface area contributed by atoms with Crippen molar-refractivity contribution in [1.82, 2.24) is 15.0 Å². The lowest BCUT2D eigenvalue weighted by molar-refractivity contribution is 0.187. The Hall–Kier alpha value is -3.22. The number of piperidine rings is 1. The Morgan fingerprint density at radius 2 is 1.86 bits per heavy atom. The van der Waals surface area contributed by atoms with E-state index in [4.69, 9.17) is 4.52 Å². The van der Waals surface area contributed by atoms with E-state index in [2.05, 4.69) is 15.5 Å². The van der Waals surface area contributed by atoms with Crippen molar-refractivity contribution in [2.24, 2.45) is 0 Å². The summed E-state index contributed by atoms with van der Waals surface area (Å²) in [4.78, 5) is 18.6. The summed E-state index contributed by atoms with van der Waals surface area (Å²) < 4.78 is 19.2. The lowest BCUT2D eigenvalue weighted by Gasteiger charge is -2.30. The molecular formula is C21H21FN4O2. The topological polar surface area (TPSA) is 71.3 Å². The summed E-state index contributed by atoms with van der Waals surface area (Å²) in [6.07, 6.45) is 1.44. The van der Waals surface area contributed by atoms with E-state index in [1.54, 1.807) is 23.1 Å². The van der Waals surface area contributed by atoms with Crippen molar-refractivity contribution in [3.63, 3.8) is 0 Å². The van der Waals surface area contributed by atoms with Gasteiger partial charge in [-0.15, -0.1) is 0 Å². The average Bonchev–Trinajstić information content (AvgIpc) is 3.20. The first-order chi connectivity index (χ1) is 13.6. The minimum atomic E-state index is -0.444. The molecule has 0 unspecified atom stereocenters. The minimum absolute atomic E-state index is 0.115. The van der Waals surface area contributed by atoms with Crippen LogP contribution in [0.3, 0.4) is 0 Å². The van der Waals surface area contributed by atoms with Crippen LogP contribution in [0, 0.1) is 12.7 Å². The smallest absolute Gasteiger partial charge is 0.321 e. The molecule has 1 N–H and O–H groups in total. The minimum Gasteiger partial charge on any atom is -0.339 e. The second kappa shape index (κ2) is 7.80. The van der Waals surface area contributed by atoms with E-state index in [0.717, 1.165) is 18.4 Å². The monoisotopic (exact) mass is 380 g/mol. The van der Waals surface area contributed by atoms with E-state index in [0.29, 0.717) is 24.8 Å². The fourth-order valence-electron chi connectivity index (χ4n) is 3.31. The molecule has 2 aromatic carbocycles. The number of aromatic nitrogens is 2. The standard InChI is InChI=1S/C21H21FN4O2/c1-14-6-8-15(9-7-14)19-24-20(28-25-19)16-10-12-26(13-11-16)21(27)23-18-5-3-2-4-17(18)22/h2-9,16H,10-13H2,1H3,(H,23,27). The van der Waals surface area contributed by atoms with Crippen molar-refractivity contribution in [2.75, 3.05) is 18.4 Å². The fraction of sp³-hybridized carbons (Fsp3) is 0.286. The van der Waals surface area contributed by atoms with Gasteiger partial charge in [-0.1, -0.05) is 47.1 Å². The van der Waals surface area contributed by atoms with E-state index >= 15 is 0 Å². The van der Waals surface area contributed by atoms with Gasteiger partial charge in [-0.25, -0.2) is 9.18 Å². The highest BCUT2D eigenvalue weighted by Crippen LogP contribution is 2.29. The van der Waals surface area contributed by atoms with Crippen molar-refractivity contribution in [1.29, 1.82) is 0 Å². The molecule has 0 radical (unpaired) electrons. The molecule has 0 saturated carbocycles. The van der Waals surface area contributed by atoms with Crippen LogP contribution in [0.4, 0.5) is 14.9 Å². The van der Waals surface area contributed by atoms with Crippen molar-refractivity contribution in [3.8, 4) is 11.4 Å². The zero-order valence-electron chi connectivity index (χ0n) is 15.6. The number of hydrogen-bond donors (Lipinski definition) is 1. The van der Waals surface area contributed by atoms with Gasteiger partial charge < -0.3 is 14.7 Å². The summed E-state index contributed by atoms with van der Waals surface area (Å²) in [5.41, 5.74) is 2.28. The maximum atomic E-state index is 13.7. The molecule has 1 aliphatic heterocycles. The number of anilines is 1. The third-order valence-corrected chi connectivity index (χ3v) is 5.00. The van der Waals surface area contributed by atoms with Gasteiger partial charge in [0.25, 0.3) is 0 Å². The van der Waals surface area contributed by atoms with Crippen LogP contribution in [0.5, 0.6) is 0 Å². The van der Waals surface area contributed by atoms with Crippen molar-refractivity contribution in [3.05, 3.63) is 65.8 Å². The first-order valence-electron chi connectivity index (χ1n) is 9.31. The molecule has 144 valence electrons. The Kier molecular flexibility index (Phi) is 5.06. The molecule has 4 rings (SSSR count). The number of para-hydroxylation sites is 1. The number of hydrogen-bond acceptors (Lipinski definition) is 4. The van der Waals surface area contributed by atoms with E-state index in [9.17, 15) is 9.18 Å². The lowest BCUT2D eigenvalue weighted by Crippen LogP contribution is -2.40. The third-order valence-electron chi connectivity index (χ3n) is 5.00. The summed E-state index contributed by atoms with van der Waals surface area (Å²) in [7, 11) is 0. The van der Waals surface area contributed by atoms with Crippen LogP contribution in [0.25, 0.3) is 11.4 Å². The zero-order valence-corrected chi connectivity index (χ0v) is 15.6. The Morgan fingerprint density at radius 3 is 2.57 bits per heavy atom. The van der Waals surface area contributed by atoms with Crippen LogP contribution in [0.15, 0.2) is 53.1 Å². The van der Waals surface area contributed by atoms with Crippen molar-refractivity contribution in [2.45, 2.75) is 25.7 Å².